The maximum atomic E-state index is 12.4. The first-order valence-electron chi connectivity index (χ1n) is 9.90. The molecule has 0 saturated carbocycles. The number of unbranched alkanes of at least 4 members (excludes halogenated alkanes) is 1. The summed E-state index contributed by atoms with van der Waals surface area (Å²) in [5.41, 5.74) is 1.36. The maximum Gasteiger partial charge on any atom is 0.343 e. The molecule has 0 bridgehead atoms. The number of esters is 1. The molecule has 150 valence electrons. The molecular formula is C23H28O5. The number of rotatable bonds is 9. The second kappa shape index (κ2) is 9.11. The van der Waals surface area contributed by atoms with Crippen molar-refractivity contribution in [2.24, 2.45) is 5.41 Å². The summed E-state index contributed by atoms with van der Waals surface area (Å²) < 4.78 is 16.6. The molecule has 1 saturated heterocycles. The highest BCUT2D eigenvalue weighted by Crippen LogP contribution is 2.32. The van der Waals surface area contributed by atoms with Crippen molar-refractivity contribution in [3.05, 3.63) is 53.6 Å². The number of aryl methyl sites for hydroxylation is 1. The van der Waals surface area contributed by atoms with Crippen LogP contribution in [0.4, 0.5) is 0 Å². The lowest BCUT2D eigenvalue weighted by atomic mass is 9.84. The van der Waals surface area contributed by atoms with Crippen LogP contribution in [0.2, 0.25) is 0 Å². The Bertz CT molecular complexity index is 788. The van der Waals surface area contributed by atoms with Gasteiger partial charge in [-0.25, -0.2) is 4.79 Å². The standard InChI is InChI=1S/C23H28O5/c1-3-5-6-18-13-20(11-12-21(18)24)28-22(25)17-7-9-19(10-8-17)27-16-23(4-2)14-26-15-23/h7-13,24H,3-6,14-16H2,1-2H3. The normalized spacial score (nSPS) is 14.9. The van der Waals surface area contributed by atoms with Gasteiger partial charge < -0.3 is 19.3 Å². The highest BCUT2D eigenvalue weighted by Gasteiger charge is 2.37. The van der Waals surface area contributed by atoms with E-state index in [0.29, 0.717) is 17.9 Å². The van der Waals surface area contributed by atoms with E-state index in [1.165, 1.54) is 0 Å². The van der Waals surface area contributed by atoms with Crippen molar-refractivity contribution in [3.63, 3.8) is 0 Å². The molecule has 0 amide bonds. The Labute approximate surface area is 166 Å². The van der Waals surface area contributed by atoms with Gasteiger partial charge in [-0.15, -0.1) is 0 Å². The van der Waals surface area contributed by atoms with Crippen LogP contribution in [0.1, 0.15) is 49.0 Å². The van der Waals surface area contributed by atoms with Crippen LogP contribution in [0, 0.1) is 5.41 Å². The lowest BCUT2D eigenvalue weighted by molar-refractivity contribution is -0.133. The Morgan fingerprint density at radius 3 is 2.43 bits per heavy atom. The average molecular weight is 384 g/mol. The van der Waals surface area contributed by atoms with Gasteiger partial charge in [0.1, 0.15) is 17.2 Å². The Hall–Kier alpha value is -2.53. The molecule has 5 heteroatoms. The van der Waals surface area contributed by atoms with E-state index in [0.717, 1.165) is 50.2 Å². The lowest BCUT2D eigenvalue weighted by Crippen LogP contribution is -2.46. The smallest absolute Gasteiger partial charge is 0.343 e. The molecule has 28 heavy (non-hydrogen) atoms. The predicted molar refractivity (Wildman–Crippen MR) is 107 cm³/mol. The number of hydrogen-bond acceptors (Lipinski definition) is 5. The van der Waals surface area contributed by atoms with Gasteiger partial charge in [-0.2, -0.15) is 0 Å². The molecule has 1 heterocycles. The molecule has 2 aromatic carbocycles. The number of hydrogen-bond donors (Lipinski definition) is 1. The van der Waals surface area contributed by atoms with E-state index in [2.05, 4.69) is 13.8 Å². The van der Waals surface area contributed by atoms with Gasteiger partial charge in [0.05, 0.1) is 30.8 Å². The highest BCUT2D eigenvalue weighted by atomic mass is 16.5. The van der Waals surface area contributed by atoms with Crippen LogP contribution in [0.5, 0.6) is 17.2 Å². The minimum absolute atomic E-state index is 0.117. The van der Waals surface area contributed by atoms with Gasteiger partial charge in [-0.1, -0.05) is 20.3 Å². The molecule has 0 radical (unpaired) electrons. The molecule has 2 aromatic rings. The van der Waals surface area contributed by atoms with Crippen LogP contribution in [0.25, 0.3) is 0 Å². The molecule has 1 N–H and O–H groups in total. The van der Waals surface area contributed by atoms with Crippen molar-refractivity contribution in [2.75, 3.05) is 19.8 Å². The number of phenolic OH excluding ortho intramolecular Hbond substituents is 1. The number of carbonyl (C=O) groups excluding carboxylic acids is 1. The van der Waals surface area contributed by atoms with Gasteiger partial charge in [0.15, 0.2) is 0 Å². The Balaban J connectivity index is 1.58. The lowest BCUT2D eigenvalue weighted by Gasteiger charge is -2.40. The largest absolute Gasteiger partial charge is 0.508 e. The Kier molecular flexibility index (Phi) is 6.57. The molecule has 0 aromatic heterocycles. The van der Waals surface area contributed by atoms with Crippen molar-refractivity contribution in [2.45, 2.75) is 39.5 Å². The van der Waals surface area contributed by atoms with E-state index in [1.54, 1.807) is 42.5 Å². The highest BCUT2D eigenvalue weighted by molar-refractivity contribution is 5.91. The zero-order valence-corrected chi connectivity index (χ0v) is 16.6. The van der Waals surface area contributed by atoms with Gasteiger partial charge in [0, 0.05) is 0 Å². The zero-order valence-electron chi connectivity index (χ0n) is 16.6. The van der Waals surface area contributed by atoms with Crippen molar-refractivity contribution in [3.8, 4) is 17.2 Å². The molecule has 1 fully saturated rings. The van der Waals surface area contributed by atoms with Crippen LogP contribution < -0.4 is 9.47 Å². The van der Waals surface area contributed by atoms with Crippen molar-refractivity contribution in [1.82, 2.24) is 0 Å². The maximum absolute atomic E-state index is 12.4. The molecule has 5 nitrogen and oxygen atoms in total. The second-order valence-electron chi connectivity index (χ2n) is 7.44. The third kappa shape index (κ3) is 4.84. The minimum atomic E-state index is -0.434. The van der Waals surface area contributed by atoms with E-state index in [9.17, 15) is 9.90 Å². The van der Waals surface area contributed by atoms with Gasteiger partial charge >= 0.3 is 5.97 Å². The van der Waals surface area contributed by atoms with E-state index >= 15 is 0 Å². The zero-order chi connectivity index (χ0) is 20.0. The van der Waals surface area contributed by atoms with Crippen LogP contribution in [-0.2, 0) is 11.2 Å². The van der Waals surface area contributed by atoms with E-state index < -0.39 is 5.97 Å². The van der Waals surface area contributed by atoms with Crippen LogP contribution >= 0.6 is 0 Å². The third-order valence-corrected chi connectivity index (χ3v) is 5.26. The van der Waals surface area contributed by atoms with Gasteiger partial charge in [-0.3, -0.25) is 0 Å². The molecule has 1 aliphatic rings. The van der Waals surface area contributed by atoms with E-state index in [4.69, 9.17) is 14.2 Å². The Morgan fingerprint density at radius 2 is 1.82 bits per heavy atom. The number of carbonyl (C=O) groups is 1. The summed E-state index contributed by atoms with van der Waals surface area (Å²) in [6.07, 6.45) is 3.77. The van der Waals surface area contributed by atoms with Crippen LogP contribution in [0.3, 0.4) is 0 Å². The molecular weight excluding hydrogens is 356 g/mol. The van der Waals surface area contributed by atoms with Crippen LogP contribution in [0.15, 0.2) is 42.5 Å². The number of aromatic hydroxyl groups is 1. The van der Waals surface area contributed by atoms with Crippen molar-refractivity contribution >= 4 is 5.97 Å². The first-order valence-corrected chi connectivity index (χ1v) is 9.90. The monoisotopic (exact) mass is 384 g/mol. The first kappa shape index (κ1) is 20.2. The molecule has 0 atom stereocenters. The molecule has 0 spiro atoms. The fraction of sp³-hybridized carbons (Fsp3) is 0.435. The summed E-state index contributed by atoms with van der Waals surface area (Å²) >= 11 is 0. The summed E-state index contributed by atoms with van der Waals surface area (Å²) in [5, 5.41) is 9.93. The van der Waals surface area contributed by atoms with E-state index in [-0.39, 0.29) is 11.2 Å². The third-order valence-electron chi connectivity index (χ3n) is 5.26. The quantitative estimate of drug-likeness (QED) is 0.499. The fourth-order valence-electron chi connectivity index (χ4n) is 3.06. The molecule has 3 rings (SSSR count). The summed E-state index contributed by atoms with van der Waals surface area (Å²) in [6.45, 7) is 6.32. The van der Waals surface area contributed by atoms with Crippen molar-refractivity contribution in [1.29, 1.82) is 0 Å². The van der Waals surface area contributed by atoms with Gasteiger partial charge in [0.2, 0.25) is 0 Å². The second-order valence-corrected chi connectivity index (χ2v) is 7.44. The molecule has 0 aliphatic carbocycles. The average Bonchev–Trinajstić information content (AvgIpc) is 2.68. The topological polar surface area (TPSA) is 65.0 Å². The summed E-state index contributed by atoms with van der Waals surface area (Å²) in [5.74, 6) is 0.958. The fourth-order valence-corrected chi connectivity index (χ4v) is 3.06. The van der Waals surface area contributed by atoms with Crippen molar-refractivity contribution < 1.29 is 24.1 Å². The number of benzene rings is 2. The SMILES string of the molecule is CCCCc1cc(OC(=O)c2ccc(OCC3(CC)COC3)cc2)ccc1O. The number of ether oxygens (including phenoxy) is 3. The van der Waals surface area contributed by atoms with Gasteiger partial charge in [-0.05, 0) is 67.3 Å². The predicted octanol–water partition coefficient (Wildman–Crippen LogP) is 4.76. The summed E-state index contributed by atoms with van der Waals surface area (Å²) in [6, 6.07) is 11.9. The molecule has 1 aliphatic heterocycles. The van der Waals surface area contributed by atoms with E-state index in [1.807, 2.05) is 0 Å². The minimum Gasteiger partial charge on any atom is -0.508 e. The Morgan fingerprint density at radius 1 is 1.11 bits per heavy atom. The van der Waals surface area contributed by atoms with Crippen LogP contribution in [-0.4, -0.2) is 30.9 Å². The first-order chi connectivity index (χ1) is 13.5. The summed E-state index contributed by atoms with van der Waals surface area (Å²) in [4.78, 5) is 12.4. The van der Waals surface area contributed by atoms with Gasteiger partial charge in [0.25, 0.3) is 0 Å². The number of phenols is 1. The summed E-state index contributed by atoms with van der Waals surface area (Å²) in [7, 11) is 0. The molecule has 0 unspecified atom stereocenters.